The van der Waals surface area contributed by atoms with Crippen molar-refractivity contribution in [2.75, 3.05) is 17.4 Å². The van der Waals surface area contributed by atoms with E-state index in [1.807, 2.05) is 4.72 Å². The Labute approximate surface area is 187 Å². The molecule has 0 spiro atoms. The van der Waals surface area contributed by atoms with Crippen LogP contribution >= 0.6 is 0 Å². The maximum Gasteiger partial charge on any atom is 0.326 e. The Morgan fingerprint density at radius 2 is 1.84 bits per heavy atom. The van der Waals surface area contributed by atoms with E-state index >= 15 is 0 Å². The van der Waals surface area contributed by atoms with Crippen LogP contribution in [0.15, 0.2) is 53.4 Å². The molecule has 2 fully saturated rings. The van der Waals surface area contributed by atoms with Crippen molar-refractivity contribution in [3.8, 4) is 5.75 Å². The standard InChI is InChI=1S/C21H25N3O6S2/c25-20-14-16(10-12-19(20)24-15-21(26)22-32(24,29)30)9-11-17-6-4-5-13-23(17)31(27,28)18-7-2-1-3-8-18/h1-3,7-8,10,12,14,17,25H,4-6,9,11,13,15H2,(H,22,26). The summed E-state index contributed by atoms with van der Waals surface area (Å²) in [6.07, 6.45) is 3.62. The zero-order valence-electron chi connectivity index (χ0n) is 17.3. The van der Waals surface area contributed by atoms with Crippen LogP contribution in [0.5, 0.6) is 5.75 Å². The average Bonchev–Trinajstić information content (AvgIpc) is 3.04. The molecular formula is C21H25N3O6S2. The van der Waals surface area contributed by atoms with Gasteiger partial charge in [-0.15, -0.1) is 0 Å². The van der Waals surface area contributed by atoms with E-state index in [0.29, 0.717) is 19.4 Å². The van der Waals surface area contributed by atoms with Crippen LogP contribution in [0.1, 0.15) is 31.2 Å². The maximum absolute atomic E-state index is 13.1. The van der Waals surface area contributed by atoms with Gasteiger partial charge in [-0.1, -0.05) is 30.7 Å². The number of sulfonamides is 1. The molecule has 2 aliphatic rings. The van der Waals surface area contributed by atoms with Crippen molar-refractivity contribution in [1.29, 1.82) is 0 Å². The number of nitrogens with zero attached hydrogens (tertiary/aromatic N) is 2. The number of aromatic hydroxyl groups is 1. The number of aryl methyl sites for hydroxylation is 1. The van der Waals surface area contributed by atoms with Gasteiger partial charge in [-0.2, -0.15) is 12.7 Å². The number of amides is 1. The largest absolute Gasteiger partial charge is 0.506 e. The van der Waals surface area contributed by atoms with Crippen LogP contribution in [0.3, 0.4) is 0 Å². The molecule has 9 nitrogen and oxygen atoms in total. The van der Waals surface area contributed by atoms with Gasteiger partial charge in [0.1, 0.15) is 12.3 Å². The highest BCUT2D eigenvalue weighted by Crippen LogP contribution is 2.33. The molecule has 4 rings (SSSR count). The first-order chi connectivity index (χ1) is 15.2. The fraction of sp³-hybridized carbons (Fsp3) is 0.381. The first-order valence-electron chi connectivity index (χ1n) is 10.4. The van der Waals surface area contributed by atoms with Crippen LogP contribution in [-0.2, 0) is 31.4 Å². The minimum atomic E-state index is -4.00. The van der Waals surface area contributed by atoms with Gasteiger partial charge >= 0.3 is 10.2 Å². The number of piperidine rings is 1. The summed E-state index contributed by atoms with van der Waals surface area (Å²) in [5, 5.41) is 10.4. The van der Waals surface area contributed by atoms with Crippen LogP contribution in [0.2, 0.25) is 0 Å². The molecule has 1 amide bonds. The van der Waals surface area contributed by atoms with Crippen molar-refractivity contribution in [1.82, 2.24) is 9.03 Å². The van der Waals surface area contributed by atoms with E-state index in [0.717, 1.165) is 29.1 Å². The fourth-order valence-corrected chi connectivity index (χ4v) is 7.14. The van der Waals surface area contributed by atoms with E-state index in [2.05, 4.69) is 0 Å². The predicted octanol–water partition coefficient (Wildman–Crippen LogP) is 1.75. The number of nitrogens with one attached hydrogen (secondary N) is 1. The second-order valence-corrected chi connectivity index (χ2v) is 11.5. The van der Waals surface area contributed by atoms with Gasteiger partial charge < -0.3 is 5.11 Å². The topological polar surface area (TPSA) is 124 Å². The molecule has 0 aromatic heterocycles. The van der Waals surface area contributed by atoms with E-state index < -0.39 is 26.1 Å². The Kier molecular flexibility index (Phi) is 6.15. The molecule has 2 saturated heterocycles. The lowest BCUT2D eigenvalue weighted by molar-refractivity contribution is -0.117. The Hall–Kier alpha value is -2.63. The molecule has 2 aromatic rings. The summed E-state index contributed by atoms with van der Waals surface area (Å²) < 4.78 is 54.6. The van der Waals surface area contributed by atoms with Crippen molar-refractivity contribution in [2.45, 2.75) is 43.0 Å². The third kappa shape index (κ3) is 4.45. The van der Waals surface area contributed by atoms with E-state index in [1.165, 1.54) is 12.1 Å². The number of rotatable bonds is 6. The number of carbonyl (C=O) groups is 1. The Bertz CT molecular complexity index is 1220. The summed E-state index contributed by atoms with van der Waals surface area (Å²) in [5.74, 6) is -0.912. The zero-order chi connectivity index (χ0) is 22.9. The van der Waals surface area contributed by atoms with Crippen LogP contribution in [0, 0.1) is 0 Å². The number of anilines is 1. The van der Waals surface area contributed by atoms with E-state index in [4.69, 9.17) is 0 Å². The molecule has 172 valence electrons. The summed E-state index contributed by atoms with van der Waals surface area (Å²) in [4.78, 5) is 11.7. The number of carbonyl (C=O) groups excluding carboxylic acids is 1. The molecule has 0 bridgehead atoms. The molecule has 2 heterocycles. The highest BCUT2D eigenvalue weighted by Gasteiger charge is 2.36. The van der Waals surface area contributed by atoms with E-state index in [-0.39, 0.29) is 28.9 Å². The minimum absolute atomic E-state index is 0.0260. The lowest BCUT2D eigenvalue weighted by Crippen LogP contribution is -2.43. The lowest BCUT2D eigenvalue weighted by Gasteiger charge is -2.34. The van der Waals surface area contributed by atoms with Crippen molar-refractivity contribution < 1.29 is 26.7 Å². The van der Waals surface area contributed by atoms with E-state index in [1.54, 1.807) is 40.7 Å². The molecule has 1 unspecified atom stereocenters. The molecule has 0 saturated carbocycles. The Balaban J connectivity index is 1.49. The van der Waals surface area contributed by atoms with Crippen LogP contribution in [-0.4, -0.2) is 51.3 Å². The van der Waals surface area contributed by atoms with Gasteiger partial charge in [0, 0.05) is 12.6 Å². The van der Waals surface area contributed by atoms with E-state index in [9.17, 15) is 26.7 Å². The number of benzene rings is 2. The quantitative estimate of drug-likeness (QED) is 0.651. The highest BCUT2D eigenvalue weighted by atomic mass is 32.2. The predicted molar refractivity (Wildman–Crippen MR) is 119 cm³/mol. The molecule has 0 radical (unpaired) electrons. The normalized spacial score (nSPS) is 21.4. The SMILES string of the molecule is O=C1CN(c2ccc(CCC3CCCCN3S(=O)(=O)c3ccccc3)cc2O)S(=O)(=O)N1. The summed E-state index contributed by atoms with van der Waals surface area (Å²) in [7, 11) is -7.59. The van der Waals surface area contributed by atoms with Crippen molar-refractivity contribution >= 4 is 31.8 Å². The highest BCUT2D eigenvalue weighted by molar-refractivity contribution is 7.92. The third-order valence-electron chi connectivity index (χ3n) is 5.82. The molecule has 2 N–H and O–H groups in total. The van der Waals surface area contributed by atoms with Crippen molar-refractivity contribution in [3.63, 3.8) is 0 Å². The monoisotopic (exact) mass is 479 g/mol. The van der Waals surface area contributed by atoms with Gasteiger partial charge in [0.15, 0.2) is 0 Å². The minimum Gasteiger partial charge on any atom is -0.506 e. The maximum atomic E-state index is 13.1. The van der Waals surface area contributed by atoms with Crippen molar-refractivity contribution in [3.05, 3.63) is 54.1 Å². The summed E-state index contributed by atoms with van der Waals surface area (Å²) in [5.41, 5.74) is 0.780. The molecule has 1 atom stereocenters. The fourth-order valence-electron chi connectivity index (χ4n) is 4.24. The third-order valence-corrected chi connectivity index (χ3v) is 9.18. The number of phenols is 1. The molecular weight excluding hydrogens is 454 g/mol. The van der Waals surface area contributed by atoms with Gasteiger partial charge in [0.2, 0.25) is 10.0 Å². The molecule has 11 heteroatoms. The summed E-state index contributed by atoms with van der Waals surface area (Å²) >= 11 is 0. The number of hydrogen-bond acceptors (Lipinski definition) is 6. The molecule has 2 aliphatic heterocycles. The van der Waals surface area contributed by atoms with Gasteiger partial charge in [0.25, 0.3) is 5.91 Å². The van der Waals surface area contributed by atoms with Gasteiger partial charge in [-0.25, -0.2) is 17.4 Å². The molecule has 0 aliphatic carbocycles. The second-order valence-electron chi connectivity index (χ2n) is 7.98. The van der Waals surface area contributed by atoms with Crippen molar-refractivity contribution in [2.24, 2.45) is 0 Å². The second kappa shape index (κ2) is 8.72. The average molecular weight is 480 g/mol. The number of phenolic OH excluding ortho intramolecular Hbond substituents is 1. The Morgan fingerprint density at radius 1 is 1.09 bits per heavy atom. The number of hydrogen-bond donors (Lipinski definition) is 2. The van der Waals surface area contributed by atoms with Gasteiger partial charge in [-0.05, 0) is 55.5 Å². The summed E-state index contributed by atoms with van der Waals surface area (Å²) in [6, 6.07) is 12.9. The first-order valence-corrected chi connectivity index (χ1v) is 13.3. The van der Waals surface area contributed by atoms with Gasteiger partial charge in [-0.3, -0.25) is 4.79 Å². The Morgan fingerprint density at radius 3 is 2.50 bits per heavy atom. The van der Waals surface area contributed by atoms with Crippen LogP contribution in [0.25, 0.3) is 0 Å². The summed E-state index contributed by atoms with van der Waals surface area (Å²) in [6.45, 7) is 0.0869. The molecule has 32 heavy (non-hydrogen) atoms. The van der Waals surface area contributed by atoms with Crippen LogP contribution < -0.4 is 9.03 Å². The smallest absolute Gasteiger partial charge is 0.326 e. The first kappa shape index (κ1) is 22.6. The van der Waals surface area contributed by atoms with Crippen LogP contribution in [0.4, 0.5) is 5.69 Å². The molecule has 2 aromatic carbocycles. The lowest BCUT2D eigenvalue weighted by atomic mass is 9.97. The van der Waals surface area contributed by atoms with Gasteiger partial charge in [0.05, 0.1) is 10.6 Å². The zero-order valence-corrected chi connectivity index (χ0v) is 19.0.